The first kappa shape index (κ1) is 8.53. The minimum atomic E-state index is 0.283. The van der Waals surface area contributed by atoms with Gasteiger partial charge in [0.15, 0.2) is 6.79 Å². The molecule has 0 N–H and O–H groups in total. The zero-order chi connectivity index (χ0) is 9.10. The van der Waals surface area contributed by atoms with Crippen LogP contribution in [-0.2, 0) is 9.47 Å². The average Bonchev–Trinajstić information content (AvgIpc) is 2.98. The molecule has 0 aliphatic carbocycles. The molecule has 0 spiro atoms. The molecule has 3 nitrogen and oxygen atoms in total. The Morgan fingerprint density at radius 1 is 1.54 bits per heavy atom. The predicted molar refractivity (Wildman–Crippen MR) is 47.6 cm³/mol. The summed E-state index contributed by atoms with van der Waals surface area (Å²) < 4.78 is 15.3. The molecule has 1 atom stereocenters. The van der Waals surface area contributed by atoms with Gasteiger partial charge in [-0.15, -0.1) is 0 Å². The number of benzene rings is 1. The number of hydrogen-bond donors (Lipinski definition) is 0. The van der Waals surface area contributed by atoms with Crippen LogP contribution >= 0.6 is 0 Å². The molecule has 1 unspecified atom stereocenters. The van der Waals surface area contributed by atoms with Crippen molar-refractivity contribution in [2.24, 2.45) is 0 Å². The maximum Gasteiger partial charge on any atom is 0.188 e. The molecule has 1 aromatic carbocycles. The van der Waals surface area contributed by atoms with E-state index in [9.17, 15) is 0 Å². The molecule has 0 saturated carbocycles. The lowest BCUT2D eigenvalue weighted by Crippen LogP contribution is -1.98. The van der Waals surface area contributed by atoms with Gasteiger partial charge in [-0.3, -0.25) is 0 Å². The van der Waals surface area contributed by atoms with Crippen molar-refractivity contribution in [3.8, 4) is 5.75 Å². The summed E-state index contributed by atoms with van der Waals surface area (Å²) in [5.41, 5.74) is 1.17. The third-order valence-electron chi connectivity index (χ3n) is 1.91. The SMILES string of the molecule is COCOc1cccc(C2CO2)c1. The summed E-state index contributed by atoms with van der Waals surface area (Å²) in [6.45, 7) is 1.11. The fourth-order valence-corrected chi connectivity index (χ4v) is 1.17. The van der Waals surface area contributed by atoms with E-state index < -0.39 is 0 Å². The summed E-state index contributed by atoms with van der Waals surface area (Å²) in [6.07, 6.45) is 0.283. The Morgan fingerprint density at radius 3 is 3.08 bits per heavy atom. The summed E-state index contributed by atoms with van der Waals surface area (Å²) in [4.78, 5) is 0. The van der Waals surface area contributed by atoms with Crippen LogP contribution in [0.3, 0.4) is 0 Å². The Morgan fingerprint density at radius 2 is 2.38 bits per heavy atom. The van der Waals surface area contributed by atoms with Crippen molar-refractivity contribution in [2.45, 2.75) is 6.10 Å². The molecule has 2 rings (SSSR count). The van der Waals surface area contributed by atoms with Gasteiger partial charge in [0.05, 0.1) is 6.61 Å². The number of rotatable bonds is 4. The Kier molecular flexibility index (Phi) is 2.47. The maximum atomic E-state index is 5.30. The highest BCUT2D eigenvalue weighted by Crippen LogP contribution is 2.31. The van der Waals surface area contributed by atoms with Crippen molar-refractivity contribution in [1.29, 1.82) is 0 Å². The summed E-state index contributed by atoms with van der Waals surface area (Å²) in [5, 5.41) is 0. The smallest absolute Gasteiger partial charge is 0.188 e. The molecule has 1 aromatic rings. The van der Waals surface area contributed by atoms with E-state index in [2.05, 4.69) is 0 Å². The van der Waals surface area contributed by atoms with Crippen LogP contribution in [0.4, 0.5) is 0 Å². The first-order chi connectivity index (χ1) is 6.40. The lowest BCUT2D eigenvalue weighted by Gasteiger charge is -2.05. The van der Waals surface area contributed by atoms with Gasteiger partial charge >= 0.3 is 0 Å². The van der Waals surface area contributed by atoms with Crippen LogP contribution in [0.2, 0.25) is 0 Å². The Hall–Kier alpha value is -1.06. The van der Waals surface area contributed by atoms with Crippen LogP contribution in [-0.4, -0.2) is 20.5 Å². The van der Waals surface area contributed by atoms with E-state index >= 15 is 0 Å². The van der Waals surface area contributed by atoms with E-state index in [1.807, 2.05) is 24.3 Å². The molecular formula is C10H12O3. The summed E-state index contributed by atoms with van der Waals surface area (Å²) in [7, 11) is 1.61. The molecule has 1 saturated heterocycles. The molecule has 70 valence electrons. The van der Waals surface area contributed by atoms with E-state index in [1.165, 1.54) is 5.56 Å². The van der Waals surface area contributed by atoms with Gasteiger partial charge in [0.2, 0.25) is 0 Å². The largest absolute Gasteiger partial charge is 0.468 e. The Bertz CT molecular complexity index is 281. The summed E-state index contributed by atoms with van der Waals surface area (Å²) in [6, 6.07) is 7.89. The second-order valence-corrected chi connectivity index (χ2v) is 2.95. The van der Waals surface area contributed by atoms with Gasteiger partial charge in [-0.1, -0.05) is 12.1 Å². The van der Waals surface area contributed by atoms with Crippen LogP contribution in [0.15, 0.2) is 24.3 Å². The van der Waals surface area contributed by atoms with E-state index in [0.29, 0.717) is 0 Å². The van der Waals surface area contributed by atoms with Crippen LogP contribution in [0, 0.1) is 0 Å². The second kappa shape index (κ2) is 3.77. The highest BCUT2D eigenvalue weighted by molar-refractivity contribution is 5.31. The number of hydrogen-bond acceptors (Lipinski definition) is 3. The fraction of sp³-hybridized carbons (Fsp3) is 0.400. The first-order valence-electron chi connectivity index (χ1n) is 4.23. The highest BCUT2D eigenvalue weighted by atomic mass is 16.7. The zero-order valence-corrected chi connectivity index (χ0v) is 7.53. The van der Waals surface area contributed by atoms with Gasteiger partial charge in [-0.05, 0) is 17.7 Å². The normalized spacial score (nSPS) is 19.9. The molecule has 0 radical (unpaired) electrons. The quantitative estimate of drug-likeness (QED) is 0.522. The van der Waals surface area contributed by atoms with E-state index in [-0.39, 0.29) is 12.9 Å². The highest BCUT2D eigenvalue weighted by Gasteiger charge is 2.24. The monoisotopic (exact) mass is 180 g/mol. The molecule has 1 aliphatic rings. The molecule has 1 aliphatic heterocycles. The number of epoxide rings is 1. The third-order valence-corrected chi connectivity index (χ3v) is 1.91. The topological polar surface area (TPSA) is 31.0 Å². The Balaban J connectivity index is 2.03. The molecule has 1 heterocycles. The summed E-state index contributed by atoms with van der Waals surface area (Å²) in [5.74, 6) is 0.829. The minimum Gasteiger partial charge on any atom is -0.468 e. The van der Waals surface area contributed by atoms with Crippen molar-refractivity contribution in [3.63, 3.8) is 0 Å². The minimum absolute atomic E-state index is 0.283. The zero-order valence-electron chi connectivity index (χ0n) is 7.53. The van der Waals surface area contributed by atoms with Crippen molar-refractivity contribution < 1.29 is 14.2 Å². The van der Waals surface area contributed by atoms with Crippen molar-refractivity contribution in [2.75, 3.05) is 20.5 Å². The molecule has 0 bridgehead atoms. The lowest BCUT2D eigenvalue weighted by atomic mass is 10.1. The molecular weight excluding hydrogens is 168 g/mol. The molecule has 3 heteroatoms. The molecule has 0 aromatic heterocycles. The van der Waals surface area contributed by atoms with Crippen LogP contribution in [0.5, 0.6) is 5.75 Å². The molecule has 1 fully saturated rings. The molecule has 0 amide bonds. The lowest BCUT2D eigenvalue weighted by molar-refractivity contribution is 0.0510. The van der Waals surface area contributed by atoms with Gasteiger partial charge < -0.3 is 14.2 Å². The van der Waals surface area contributed by atoms with Gasteiger partial charge in [0, 0.05) is 7.11 Å². The summed E-state index contributed by atoms with van der Waals surface area (Å²) >= 11 is 0. The van der Waals surface area contributed by atoms with Crippen LogP contribution in [0.1, 0.15) is 11.7 Å². The average molecular weight is 180 g/mol. The first-order valence-corrected chi connectivity index (χ1v) is 4.23. The third kappa shape index (κ3) is 2.20. The molecule has 13 heavy (non-hydrogen) atoms. The van der Waals surface area contributed by atoms with Gasteiger partial charge in [-0.25, -0.2) is 0 Å². The Labute approximate surface area is 77.2 Å². The second-order valence-electron chi connectivity index (χ2n) is 2.95. The van der Waals surface area contributed by atoms with Crippen LogP contribution < -0.4 is 4.74 Å². The van der Waals surface area contributed by atoms with E-state index in [4.69, 9.17) is 14.2 Å². The van der Waals surface area contributed by atoms with Crippen LogP contribution in [0.25, 0.3) is 0 Å². The van der Waals surface area contributed by atoms with Gasteiger partial charge in [0.1, 0.15) is 11.9 Å². The number of methoxy groups -OCH3 is 1. The standard InChI is InChI=1S/C10H12O3/c1-11-7-13-9-4-2-3-8(5-9)10-6-12-10/h2-5,10H,6-7H2,1H3. The fourth-order valence-electron chi connectivity index (χ4n) is 1.17. The van der Waals surface area contributed by atoms with Crippen molar-refractivity contribution in [3.05, 3.63) is 29.8 Å². The van der Waals surface area contributed by atoms with E-state index in [1.54, 1.807) is 7.11 Å². The predicted octanol–water partition coefficient (Wildman–Crippen LogP) is 1.74. The maximum absolute atomic E-state index is 5.30. The number of ether oxygens (including phenoxy) is 3. The van der Waals surface area contributed by atoms with Gasteiger partial charge in [-0.2, -0.15) is 0 Å². The van der Waals surface area contributed by atoms with Crippen molar-refractivity contribution in [1.82, 2.24) is 0 Å². The van der Waals surface area contributed by atoms with Gasteiger partial charge in [0.25, 0.3) is 0 Å². The van der Waals surface area contributed by atoms with E-state index in [0.717, 1.165) is 12.4 Å². The van der Waals surface area contributed by atoms with Crippen molar-refractivity contribution >= 4 is 0 Å².